The van der Waals surface area contributed by atoms with E-state index in [4.69, 9.17) is 21.1 Å². The quantitative estimate of drug-likeness (QED) is 0.870. The van der Waals surface area contributed by atoms with Gasteiger partial charge in [0.1, 0.15) is 11.5 Å². The predicted octanol–water partition coefficient (Wildman–Crippen LogP) is 4.12. The van der Waals surface area contributed by atoms with Gasteiger partial charge in [-0.2, -0.15) is 0 Å². The van der Waals surface area contributed by atoms with Crippen molar-refractivity contribution >= 4 is 22.9 Å². The molecule has 1 heterocycles. The highest BCUT2D eigenvalue weighted by Gasteiger charge is 2.21. The normalized spacial score (nSPS) is 12.2. The first-order chi connectivity index (χ1) is 9.71. The van der Waals surface area contributed by atoms with Crippen LogP contribution in [0, 0.1) is 0 Å². The van der Waals surface area contributed by atoms with Crippen LogP contribution >= 0.6 is 22.9 Å². The average molecular weight is 312 g/mol. The lowest BCUT2D eigenvalue weighted by Gasteiger charge is -2.20. The van der Waals surface area contributed by atoms with Crippen molar-refractivity contribution in [2.45, 2.75) is 13.0 Å². The number of hydrogen-bond acceptors (Lipinski definition) is 4. The van der Waals surface area contributed by atoms with Crippen LogP contribution in [0.5, 0.6) is 11.5 Å². The van der Waals surface area contributed by atoms with Crippen molar-refractivity contribution in [2.75, 3.05) is 20.8 Å². The van der Waals surface area contributed by atoms with E-state index in [-0.39, 0.29) is 6.04 Å². The Balaban J connectivity index is 2.43. The molecule has 1 aromatic carbocycles. The molecule has 0 amide bonds. The van der Waals surface area contributed by atoms with E-state index in [1.807, 2.05) is 29.6 Å². The lowest BCUT2D eigenvalue weighted by atomic mass is 10.0. The fourth-order valence-corrected chi connectivity index (χ4v) is 3.34. The Morgan fingerprint density at radius 1 is 1.25 bits per heavy atom. The summed E-state index contributed by atoms with van der Waals surface area (Å²) in [5.74, 6) is 1.64. The van der Waals surface area contributed by atoms with Crippen molar-refractivity contribution in [3.8, 4) is 11.5 Å². The largest absolute Gasteiger partial charge is 0.497 e. The fourth-order valence-electron chi connectivity index (χ4n) is 2.11. The Hall–Kier alpha value is -1.23. The highest BCUT2D eigenvalue weighted by Crippen LogP contribution is 2.38. The maximum atomic E-state index is 6.39. The van der Waals surface area contributed by atoms with Crippen LogP contribution in [-0.2, 0) is 0 Å². The number of hydrogen-bond donors (Lipinski definition) is 1. The van der Waals surface area contributed by atoms with Crippen LogP contribution in [0.2, 0.25) is 5.02 Å². The summed E-state index contributed by atoms with van der Waals surface area (Å²) in [7, 11) is 3.32. The highest BCUT2D eigenvalue weighted by atomic mass is 35.5. The predicted molar refractivity (Wildman–Crippen MR) is 84.4 cm³/mol. The van der Waals surface area contributed by atoms with E-state index >= 15 is 0 Å². The standard InChI is InChI=1S/C15H18ClNO2S/c1-4-17-14(15-13(19-3)7-8-20-15)11-6-5-10(18-2)9-12(11)16/h5-9,14,17H,4H2,1-3H3. The molecule has 5 heteroatoms. The van der Waals surface area contributed by atoms with Crippen molar-refractivity contribution in [1.29, 1.82) is 0 Å². The first kappa shape index (κ1) is 15.2. The molecule has 1 N–H and O–H groups in total. The summed E-state index contributed by atoms with van der Waals surface area (Å²) in [6.45, 7) is 2.92. The van der Waals surface area contributed by atoms with E-state index < -0.39 is 0 Å². The zero-order valence-electron chi connectivity index (χ0n) is 11.8. The van der Waals surface area contributed by atoms with Gasteiger partial charge in [-0.05, 0) is 35.7 Å². The van der Waals surface area contributed by atoms with Gasteiger partial charge in [0.25, 0.3) is 0 Å². The van der Waals surface area contributed by atoms with Crippen LogP contribution in [0.1, 0.15) is 23.4 Å². The minimum Gasteiger partial charge on any atom is -0.497 e. The van der Waals surface area contributed by atoms with Crippen molar-refractivity contribution in [1.82, 2.24) is 5.32 Å². The molecular weight excluding hydrogens is 294 g/mol. The van der Waals surface area contributed by atoms with Crippen LogP contribution in [-0.4, -0.2) is 20.8 Å². The molecule has 0 spiro atoms. The van der Waals surface area contributed by atoms with Gasteiger partial charge in [0, 0.05) is 5.02 Å². The van der Waals surface area contributed by atoms with E-state index in [0.717, 1.165) is 28.5 Å². The maximum Gasteiger partial charge on any atom is 0.134 e. The zero-order chi connectivity index (χ0) is 14.5. The minimum absolute atomic E-state index is 0.0216. The van der Waals surface area contributed by atoms with Gasteiger partial charge in [0.15, 0.2) is 0 Å². The SMILES string of the molecule is CCNC(c1ccc(OC)cc1Cl)c1sccc1OC. The van der Waals surface area contributed by atoms with Gasteiger partial charge in [-0.15, -0.1) is 11.3 Å². The molecule has 0 bridgehead atoms. The number of methoxy groups -OCH3 is 2. The summed E-state index contributed by atoms with van der Waals surface area (Å²) in [5.41, 5.74) is 1.02. The van der Waals surface area contributed by atoms with Crippen molar-refractivity contribution in [3.05, 3.63) is 45.1 Å². The topological polar surface area (TPSA) is 30.5 Å². The van der Waals surface area contributed by atoms with Crippen LogP contribution in [0.25, 0.3) is 0 Å². The number of nitrogens with one attached hydrogen (secondary N) is 1. The van der Waals surface area contributed by atoms with Gasteiger partial charge in [-0.3, -0.25) is 0 Å². The molecule has 0 fully saturated rings. The molecule has 0 aliphatic heterocycles. The Kier molecular flexibility index (Phi) is 5.29. The Morgan fingerprint density at radius 2 is 2.05 bits per heavy atom. The van der Waals surface area contributed by atoms with Gasteiger partial charge in [0.05, 0.1) is 25.1 Å². The molecule has 0 saturated heterocycles. The Morgan fingerprint density at radius 3 is 2.65 bits per heavy atom. The molecule has 2 aromatic rings. The van der Waals surface area contributed by atoms with Crippen molar-refractivity contribution < 1.29 is 9.47 Å². The maximum absolute atomic E-state index is 6.39. The second-order valence-corrected chi connectivity index (χ2v) is 5.59. The van der Waals surface area contributed by atoms with E-state index in [9.17, 15) is 0 Å². The number of halogens is 1. The van der Waals surface area contributed by atoms with Crippen LogP contribution in [0.4, 0.5) is 0 Å². The molecule has 1 atom stereocenters. The van der Waals surface area contributed by atoms with Crippen LogP contribution in [0.15, 0.2) is 29.6 Å². The summed E-state index contributed by atoms with van der Waals surface area (Å²) in [4.78, 5) is 1.13. The molecule has 1 aromatic heterocycles. The van der Waals surface area contributed by atoms with Crippen molar-refractivity contribution in [2.24, 2.45) is 0 Å². The number of rotatable bonds is 6. The van der Waals surface area contributed by atoms with Gasteiger partial charge in [-0.25, -0.2) is 0 Å². The summed E-state index contributed by atoms with van der Waals surface area (Å²) >= 11 is 8.05. The molecule has 0 aliphatic carbocycles. The lowest BCUT2D eigenvalue weighted by Crippen LogP contribution is -2.21. The van der Waals surface area contributed by atoms with Crippen LogP contribution in [0.3, 0.4) is 0 Å². The van der Waals surface area contributed by atoms with Gasteiger partial charge >= 0.3 is 0 Å². The summed E-state index contributed by atoms with van der Waals surface area (Å²) in [6, 6.07) is 7.75. The first-order valence-electron chi connectivity index (χ1n) is 6.39. The minimum atomic E-state index is 0.0216. The van der Waals surface area contributed by atoms with Crippen molar-refractivity contribution in [3.63, 3.8) is 0 Å². The second-order valence-electron chi connectivity index (χ2n) is 4.23. The highest BCUT2D eigenvalue weighted by molar-refractivity contribution is 7.10. The smallest absolute Gasteiger partial charge is 0.134 e. The fraction of sp³-hybridized carbons (Fsp3) is 0.333. The third kappa shape index (κ3) is 3.08. The Bertz CT molecular complexity index is 571. The van der Waals surface area contributed by atoms with E-state index in [0.29, 0.717) is 5.02 Å². The van der Waals surface area contributed by atoms with Crippen LogP contribution < -0.4 is 14.8 Å². The second kappa shape index (κ2) is 6.97. The van der Waals surface area contributed by atoms with E-state index in [2.05, 4.69) is 12.2 Å². The number of ether oxygens (including phenoxy) is 2. The number of thiophene rings is 1. The third-order valence-electron chi connectivity index (χ3n) is 3.07. The first-order valence-corrected chi connectivity index (χ1v) is 7.65. The molecule has 2 rings (SSSR count). The van der Waals surface area contributed by atoms with E-state index in [1.54, 1.807) is 25.6 Å². The summed E-state index contributed by atoms with van der Waals surface area (Å²) in [5, 5.41) is 6.17. The summed E-state index contributed by atoms with van der Waals surface area (Å²) in [6.07, 6.45) is 0. The lowest BCUT2D eigenvalue weighted by molar-refractivity contribution is 0.407. The number of benzene rings is 1. The van der Waals surface area contributed by atoms with E-state index in [1.165, 1.54) is 0 Å². The molecule has 20 heavy (non-hydrogen) atoms. The molecule has 0 radical (unpaired) electrons. The Labute approximate surface area is 128 Å². The third-order valence-corrected chi connectivity index (χ3v) is 4.36. The van der Waals surface area contributed by atoms with Gasteiger partial charge < -0.3 is 14.8 Å². The molecule has 0 saturated carbocycles. The average Bonchev–Trinajstić information content (AvgIpc) is 2.93. The van der Waals surface area contributed by atoms with Gasteiger partial charge in [-0.1, -0.05) is 24.6 Å². The van der Waals surface area contributed by atoms with Gasteiger partial charge in [0.2, 0.25) is 0 Å². The molecule has 1 unspecified atom stereocenters. The zero-order valence-corrected chi connectivity index (χ0v) is 13.3. The monoisotopic (exact) mass is 311 g/mol. The molecule has 0 aliphatic rings. The molecule has 3 nitrogen and oxygen atoms in total. The summed E-state index contributed by atoms with van der Waals surface area (Å²) < 4.78 is 10.6. The molecular formula is C15H18ClNO2S. The molecule has 108 valence electrons.